The van der Waals surface area contributed by atoms with E-state index in [2.05, 4.69) is 4.94 Å². The van der Waals surface area contributed by atoms with Crippen LogP contribution in [0.5, 0.6) is 0 Å². The Morgan fingerprint density at radius 2 is 1.58 bits per heavy atom. The van der Waals surface area contributed by atoms with Gasteiger partial charge in [0.05, 0.1) is 6.61 Å². The molecule has 0 aliphatic rings. The Morgan fingerprint density at radius 1 is 1.08 bits per heavy atom. The molecule has 0 spiro atoms. The van der Waals surface area contributed by atoms with Gasteiger partial charge < -0.3 is 13.3 Å². The molecule has 6 heteroatoms. The average molecular weight is 198 g/mol. The van der Waals surface area contributed by atoms with E-state index in [9.17, 15) is 4.53 Å². The molecule has 0 aromatic heterocycles. The molecule has 0 fully saturated rings. The summed E-state index contributed by atoms with van der Waals surface area (Å²) in [6, 6.07) is 0.556. The second kappa shape index (κ2) is 6.50. The van der Waals surface area contributed by atoms with Gasteiger partial charge in [-0.15, -0.1) is 0 Å². The second-order valence-electron chi connectivity index (χ2n) is 2.21. The van der Waals surface area contributed by atoms with Crippen LogP contribution >= 0.6 is 0 Å². The first-order valence-corrected chi connectivity index (χ1v) is 5.57. The van der Waals surface area contributed by atoms with Crippen LogP contribution in [0.3, 0.4) is 0 Å². The van der Waals surface area contributed by atoms with Gasteiger partial charge >= 0.3 is 8.80 Å². The third kappa shape index (κ3) is 3.59. The Morgan fingerprint density at radius 3 is 1.92 bits per heavy atom. The minimum absolute atomic E-state index is 0.0465. The SMILES string of the molecule is CO[Si](CCCOF)(OC)OC. The quantitative estimate of drug-likeness (QED) is 0.454. The summed E-state index contributed by atoms with van der Waals surface area (Å²) in [4.78, 5) is 3.43. The van der Waals surface area contributed by atoms with Crippen molar-refractivity contribution >= 4 is 8.80 Å². The maximum absolute atomic E-state index is 11.3. The van der Waals surface area contributed by atoms with Crippen LogP contribution in [-0.2, 0) is 18.2 Å². The van der Waals surface area contributed by atoms with Gasteiger partial charge in [-0.2, -0.15) is 4.94 Å². The van der Waals surface area contributed by atoms with Crippen molar-refractivity contribution in [3.8, 4) is 0 Å². The fourth-order valence-corrected chi connectivity index (χ4v) is 2.59. The summed E-state index contributed by atoms with van der Waals surface area (Å²) >= 11 is 0. The smallest absolute Gasteiger partial charge is 0.377 e. The first-order chi connectivity index (χ1) is 5.74. The highest BCUT2D eigenvalue weighted by molar-refractivity contribution is 6.60. The van der Waals surface area contributed by atoms with E-state index in [1.807, 2.05) is 0 Å². The highest BCUT2D eigenvalue weighted by Crippen LogP contribution is 2.14. The molecule has 0 rings (SSSR count). The third-order valence-electron chi connectivity index (χ3n) is 1.64. The molecule has 0 atom stereocenters. The number of rotatable bonds is 7. The minimum Gasteiger partial charge on any atom is -0.377 e. The third-order valence-corrected chi connectivity index (χ3v) is 4.47. The molecule has 74 valence electrons. The van der Waals surface area contributed by atoms with E-state index in [-0.39, 0.29) is 6.61 Å². The normalized spacial score (nSPS) is 12.0. The van der Waals surface area contributed by atoms with E-state index in [0.717, 1.165) is 0 Å². The summed E-state index contributed by atoms with van der Waals surface area (Å²) < 4.78 is 26.6. The topological polar surface area (TPSA) is 36.9 Å². The molecule has 0 radical (unpaired) electrons. The summed E-state index contributed by atoms with van der Waals surface area (Å²) in [7, 11) is 2.07. The van der Waals surface area contributed by atoms with Crippen molar-refractivity contribution in [2.45, 2.75) is 12.5 Å². The van der Waals surface area contributed by atoms with Gasteiger partial charge in [-0.05, 0) is 10.9 Å². The zero-order valence-corrected chi connectivity index (χ0v) is 8.63. The van der Waals surface area contributed by atoms with E-state index < -0.39 is 8.80 Å². The molecule has 0 aliphatic heterocycles. The van der Waals surface area contributed by atoms with Crippen molar-refractivity contribution in [1.82, 2.24) is 0 Å². The average Bonchev–Trinajstić information content (AvgIpc) is 2.14. The highest BCUT2D eigenvalue weighted by atomic mass is 28.4. The molecular weight excluding hydrogens is 183 g/mol. The van der Waals surface area contributed by atoms with Gasteiger partial charge in [0.2, 0.25) is 0 Å². The summed E-state index contributed by atoms with van der Waals surface area (Å²) in [5, 5.41) is 0. The lowest BCUT2D eigenvalue weighted by Crippen LogP contribution is -2.42. The molecule has 0 aromatic rings. The zero-order valence-electron chi connectivity index (χ0n) is 7.63. The predicted molar refractivity (Wildman–Crippen MR) is 43.3 cm³/mol. The molecule has 0 saturated heterocycles. The van der Waals surface area contributed by atoms with E-state index in [0.29, 0.717) is 12.5 Å². The first kappa shape index (κ1) is 12.0. The molecule has 4 nitrogen and oxygen atoms in total. The lowest BCUT2D eigenvalue weighted by Gasteiger charge is -2.23. The number of hydrogen-bond donors (Lipinski definition) is 0. The van der Waals surface area contributed by atoms with Crippen molar-refractivity contribution in [2.75, 3.05) is 27.9 Å². The van der Waals surface area contributed by atoms with Gasteiger partial charge in [-0.25, -0.2) is 0 Å². The van der Waals surface area contributed by atoms with E-state index >= 15 is 0 Å². The molecule has 0 bridgehead atoms. The van der Waals surface area contributed by atoms with Crippen molar-refractivity contribution in [1.29, 1.82) is 0 Å². The van der Waals surface area contributed by atoms with Crippen LogP contribution in [0.4, 0.5) is 4.53 Å². The van der Waals surface area contributed by atoms with Gasteiger partial charge in [0.1, 0.15) is 0 Å². The standard InChI is InChI=1S/C6H15FO4Si/c1-8-12(9-2,10-3)6-4-5-11-7/h4-6H2,1-3H3. The van der Waals surface area contributed by atoms with Gasteiger partial charge in [0.15, 0.2) is 0 Å². The van der Waals surface area contributed by atoms with Crippen LogP contribution in [-0.4, -0.2) is 36.7 Å². The number of hydrogen-bond acceptors (Lipinski definition) is 4. The Hall–Kier alpha value is -0.0131. The highest BCUT2D eigenvalue weighted by Gasteiger charge is 2.36. The molecule has 0 N–H and O–H groups in total. The van der Waals surface area contributed by atoms with E-state index in [1.54, 1.807) is 0 Å². The van der Waals surface area contributed by atoms with Crippen molar-refractivity contribution in [3.63, 3.8) is 0 Å². The van der Waals surface area contributed by atoms with Crippen LogP contribution in [0.2, 0.25) is 6.04 Å². The Bertz CT molecular complexity index is 101. The van der Waals surface area contributed by atoms with Crippen LogP contribution < -0.4 is 0 Å². The van der Waals surface area contributed by atoms with Crippen molar-refractivity contribution in [3.05, 3.63) is 0 Å². The Labute approximate surface area is 72.8 Å². The maximum Gasteiger partial charge on any atom is 0.500 e. The molecule has 12 heavy (non-hydrogen) atoms. The molecular formula is C6H15FO4Si. The predicted octanol–water partition coefficient (Wildman–Crippen LogP) is 1.16. The number of halogens is 1. The zero-order chi connectivity index (χ0) is 9.45. The summed E-state index contributed by atoms with van der Waals surface area (Å²) in [6.07, 6.45) is 0.526. The van der Waals surface area contributed by atoms with Crippen LogP contribution in [0.15, 0.2) is 0 Å². The van der Waals surface area contributed by atoms with Gasteiger partial charge in [-0.1, -0.05) is 0 Å². The van der Waals surface area contributed by atoms with Gasteiger partial charge in [0, 0.05) is 27.4 Å². The lowest BCUT2D eigenvalue weighted by atomic mass is 10.5. The molecule has 0 aromatic carbocycles. The molecule has 0 unspecified atom stereocenters. The Balaban J connectivity index is 3.76. The maximum atomic E-state index is 11.3. The first-order valence-electron chi connectivity index (χ1n) is 3.63. The molecule has 0 amide bonds. The van der Waals surface area contributed by atoms with E-state index in [4.69, 9.17) is 13.3 Å². The van der Waals surface area contributed by atoms with Crippen LogP contribution in [0, 0.1) is 0 Å². The van der Waals surface area contributed by atoms with Gasteiger partial charge in [0.25, 0.3) is 0 Å². The van der Waals surface area contributed by atoms with Crippen molar-refractivity contribution < 1.29 is 22.7 Å². The fraction of sp³-hybridized carbons (Fsp3) is 1.00. The fourth-order valence-electron chi connectivity index (χ4n) is 0.899. The van der Waals surface area contributed by atoms with Crippen LogP contribution in [0.25, 0.3) is 0 Å². The van der Waals surface area contributed by atoms with E-state index in [1.165, 1.54) is 21.3 Å². The van der Waals surface area contributed by atoms with Crippen molar-refractivity contribution in [2.24, 2.45) is 0 Å². The Kier molecular flexibility index (Phi) is 6.49. The second-order valence-corrected chi connectivity index (χ2v) is 5.30. The van der Waals surface area contributed by atoms with Crippen LogP contribution in [0.1, 0.15) is 6.42 Å². The molecule has 0 heterocycles. The molecule has 0 saturated carbocycles. The minimum atomic E-state index is -2.50. The molecule has 0 aliphatic carbocycles. The monoisotopic (exact) mass is 198 g/mol. The summed E-state index contributed by atoms with van der Waals surface area (Å²) in [6.45, 7) is 0.0465. The largest absolute Gasteiger partial charge is 0.500 e. The summed E-state index contributed by atoms with van der Waals surface area (Å²) in [5.74, 6) is 0. The lowest BCUT2D eigenvalue weighted by molar-refractivity contribution is -0.132. The summed E-state index contributed by atoms with van der Waals surface area (Å²) in [5.41, 5.74) is 0. The van der Waals surface area contributed by atoms with Gasteiger partial charge in [-0.3, -0.25) is 0 Å².